The van der Waals surface area contributed by atoms with Crippen LogP contribution in [0.1, 0.15) is 33.6 Å². The van der Waals surface area contributed by atoms with E-state index in [0.717, 1.165) is 48.4 Å². The van der Waals surface area contributed by atoms with Crippen molar-refractivity contribution in [3.8, 4) is 0 Å². The largest absolute Gasteiger partial charge is 0.354 e. The minimum Gasteiger partial charge on any atom is -0.354 e. The Morgan fingerprint density at radius 3 is 2.62 bits per heavy atom. The fourth-order valence-electron chi connectivity index (χ4n) is 3.46. The van der Waals surface area contributed by atoms with Gasteiger partial charge in [-0.3, -0.25) is 4.72 Å². The van der Waals surface area contributed by atoms with Crippen molar-refractivity contribution in [3.05, 3.63) is 35.7 Å². The van der Waals surface area contributed by atoms with Gasteiger partial charge in [0.1, 0.15) is 10.6 Å². The zero-order valence-electron chi connectivity index (χ0n) is 18.6. The average molecular weight is 475 g/mol. The van der Waals surface area contributed by atoms with Gasteiger partial charge in [0.25, 0.3) is 0 Å². The van der Waals surface area contributed by atoms with Crippen LogP contribution in [0.25, 0.3) is 10.2 Å². The second-order valence-corrected chi connectivity index (χ2v) is 12.4. The molecular weight excluding hydrogens is 444 g/mol. The summed E-state index contributed by atoms with van der Waals surface area (Å²) in [5.41, 5.74) is 1.25. The van der Waals surface area contributed by atoms with Crippen LogP contribution < -0.4 is 20.7 Å². The van der Waals surface area contributed by atoms with Crippen LogP contribution in [0.2, 0.25) is 0 Å². The number of piperidine rings is 1. The van der Waals surface area contributed by atoms with Crippen molar-refractivity contribution in [2.45, 2.75) is 38.4 Å². The molecule has 0 radical (unpaired) electrons. The predicted molar refractivity (Wildman–Crippen MR) is 134 cm³/mol. The highest BCUT2D eigenvalue weighted by Gasteiger charge is 2.28. The number of thiophene rings is 1. The van der Waals surface area contributed by atoms with Crippen LogP contribution in [0.15, 0.2) is 35.7 Å². The van der Waals surface area contributed by atoms with E-state index in [1.54, 1.807) is 44.2 Å². The Labute approximate surface area is 193 Å². The molecule has 32 heavy (non-hydrogen) atoms. The number of anilines is 4. The third-order valence-electron chi connectivity index (χ3n) is 5.52. The normalized spacial score (nSPS) is 15.6. The number of sulfonamides is 1. The zero-order valence-corrected chi connectivity index (χ0v) is 20.2. The molecule has 2 aromatic heterocycles. The van der Waals surface area contributed by atoms with Gasteiger partial charge in [-0.15, -0.1) is 11.3 Å². The molecule has 1 saturated heterocycles. The molecule has 10 heteroatoms. The van der Waals surface area contributed by atoms with Gasteiger partial charge < -0.3 is 16.0 Å². The number of hydrogen-bond acceptors (Lipinski definition) is 8. The Bertz CT molecular complexity index is 1180. The van der Waals surface area contributed by atoms with Gasteiger partial charge in [0.15, 0.2) is 0 Å². The molecule has 0 amide bonds. The Morgan fingerprint density at radius 1 is 1.12 bits per heavy atom. The molecule has 0 bridgehead atoms. The molecule has 1 aromatic carbocycles. The Kier molecular flexibility index (Phi) is 6.55. The lowest BCUT2D eigenvalue weighted by Gasteiger charge is -2.22. The summed E-state index contributed by atoms with van der Waals surface area (Å²) in [7, 11) is -3.51. The maximum atomic E-state index is 12.5. The number of nitrogens with one attached hydrogen (secondary N) is 4. The summed E-state index contributed by atoms with van der Waals surface area (Å²) in [5, 5.41) is 13.1. The van der Waals surface area contributed by atoms with Crippen LogP contribution in [0.5, 0.6) is 0 Å². The third kappa shape index (κ3) is 5.31. The molecule has 172 valence electrons. The van der Waals surface area contributed by atoms with Crippen molar-refractivity contribution >= 4 is 54.7 Å². The molecule has 3 aromatic rings. The molecule has 0 unspecified atom stereocenters. The number of rotatable bonds is 7. The number of hydrogen-bond donors (Lipinski definition) is 4. The molecule has 0 spiro atoms. The van der Waals surface area contributed by atoms with Gasteiger partial charge in [0, 0.05) is 12.2 Å². The molecule has 1 aliphatic heterocycles. The third-order valence-corrected chi connectivity index (χ3v) is 8.44. The highest BCUT2D eigenvalue weighted by molar-refractivity contribution is 7.94. The van der Waals surface area contributed by atoms with Gasteiger partial charge in [-0.2, -0.15) is 4.98 Å². The van der Waals surface area contributed by atoms with E-state index in [9.17, 15) is 8.42 Å². The summed E-state index contributed by atoms with van der Waals surface area (Å²) < 4.78 is 26.8. The van der Waals surface area contributed by atoms with E-state index in [0.29, 0.717) is 23.4 Å². The molecule has 0 atom stereocenters. The highest BCUT2D eigenvalue weighted by Crippen LogP contribution is 2.30. The maximum absolute atomic E-state index is 12.5. The van der Waals surface area contributed by atoms with E-state index >= 15 is 0 Å². The molecular formula is C22H30N6O2S2. The van der Waals surface area contributed by atoms with Crippen molar-refractivity contribution in [1.29, 1.82) is 0 Å². The standard InChI is InChI=1S/C22H30N6O2S2/c1-22(2,3)32(29,30)28-17-6-4-5-16(13-17)25-19-18-9-12-31-20(18)27-21(26-19)24-14-15-7-10-23-11-8-15/h4-6,9,12-13,15,23,28H,7-8,10-11,14H2,1-3H3,(H2,24,25,26,27). The SMILES string of the molecule is CC(C)(C)S(=O)(=O)Nc1cccc(Nc2nc(NCC3CCNCC3)nc3sccc23)c1. The van der Waals surface area contributed by atoms with Crippen molar-refractivity contribution in [2.24, 2.45) is 5.92 Å². The number of aromatic nitrogens is 2. The summed E-state index contributed by atoms with van der Waals surface area (Å²) >= 11 is 1.57. The van der Waals surface area contributed by atoms with Crippen LogP contribution in [0, 0.1) is 5.92 Å². The van der Waals surface area contributed by atoms with Crippen molar-refractivity contribution < 1.29 is 8.42 Å². The van der Waals surface area contributed by atoms with E-state index in [1.807, 2.05) is 23.6 Å². The van der Waals surface area contributed by atoms with Crippen LogP contribution in [0.3, 0.4) is 0 Å². The lowest BCUT2D eigenvalue weighted by Crippen LogP contribution is -2.33. The van der Waals surface area contributed by atoms with Crippen LogP contribution >= 0.6 is 11.3 Å². The molecule has 0 aliphatic carbocycles. The fourth-order valence-corrected chi connectivity index (χ4v) is 4.96. The van der Waals surface area contributed by atoms with Crippen LogP contribution in [-0.2, 0) is 10.0 Å². The molecule has 4 rings (SSSR count). The average Bonchev–Trinajstić information content (AvgIpc) is 3.21. The van der Waals surface area contributed by atoms with Crippen LogP contribution in [0.4, 0.5) is 23.1 Å². The molecule has 1 fully saturated rings. The summed E-state index contributed by atoms with van der Waals surface area (Å²) in [6.45, 7) is 7.97. The fraction of sp³-hybridized carbons (Fsp3) is 0.455. The smallest absolute Gasteiger partial charge is 0.237 e. The first-order valence-electron chi connectivity index (χ1n) is 10.8. The van der Waals surface area contributed by atoms with Crippen molar-refractivity contribution in [3.63, 3.8) is 0 Å². The first kappa shape index (κ1) is 22.8. The van der Waals surface area contributed by atoms with Gasteiger partial charge >= 0.3 is 0 Å². The van der Waals surface area contributed by atoms with Crippen LogP contribution in [-0.4, -0.2) is 42.8 Å². The molecule has 3 heterocycles. The van der Waals surface area contributed by atoms with E-state index in [-0.39, 0.29) is 0 Å². The summed E-state index contributed by atoms with van der Waals surface area (Å²) in [6.07, 6.45) is 2.30. The Morgan fingerprint density at radius 2 is 1.88 bits per heavy atom. The second kappa shape index (κ2) is 9.21. The molecule has 8 nitrogen and oxygen atoms in total. The van der Waals surface area contributed by atoms with Gasteiger partial charge in [-0.25, -0.2) is 13.4 Å². The quantitative estimate of drug-likeness (QED) is 0.402. The Hall–Kier alpha value is -2.43. The summed E-state index contributed by atoms with van der Waals surface area (Å²) in [6, 6.07) is 9.19. The molecule has 1 aliphatic rings. The minimum atomic E-state index is -3.51. The first-order chi connectivity index (χ1) is 15.2. The van der Waals surface area contributed by atoms with E-state index in [4.69, 9.17) is 4.98 Å². The van der Waals surface area contributed by atoms with E-state index < -0.39 is 14.8 Å². The van der Waals surface area contributed by atoms with Gasteiger partial charge in [-0.1, -0.05) is 6.07 Å². The number of benzene rings is 1. The number of fused-ring (bicyclic) bond motifs is 1. The van der Waals surface area contributed by atoms with Gasteiger partial charge in [-0.05, 0) is 82.3 Å². The zero-order chi connectivity index (χ0) is 22.8. The van der Waals surface area contributed by atoms with Gasteiger partial charge in [0.2, 0.25) is 16.0 Å². The lowest BCUT2D eigenvalue weighted by molar-refractivity contribution is 0.389. The summed E-state index contributed by atoms with van der Waals surface area (Å²) in [4.78, 5) is 10.3. The van der Waals surface area contributed by atoms with E-state index in [2.05, 4.69) is 25.7 Å². The highest BCUT2D eigenvalue weighted by atomic mass is 32.2. The number of nitrogens with zero attached hydrogens (tertiary/aromatic N) is 2. The summed E-state index contributed by atoms with van der Waals surface area (Å²) in [5.74, 6) is 1.91. The second-order valence-electron chi connectivity index (χ2n) is 9.03. The monoisotopic (exact) mass is 474 g/mol. The lowest BCUT2D eigenvalue weighted by atomic mass is 9.98. The molecule has 4 N–H and O–H groups in total. The Balaban J connectivity index is 1.54. The first-order valence-corrected chi connectivity index (χ1v) is 13.2. The van der Waals surface area contributed by atoms with Gasteiger partial charge in [0.05, 0.1) is 15.8 Å². The van der Waals surface area contributed by atoms with E-state index in [1.165, 1.54) is 0 Å². The van der Waals surface area contributed by atoms with Crippen molar-refractivity contribution in [1.82, 2.24) is 15.3 Å². The topological polar surface area (TPSA) is 108 Å². The minimum absolute atomic E-state index is 0.504. The molecule has 0 saturated carbocycles. The predicted octanol–water partition coefficient (Wildman–Crippen LogP) is 4.39. The maximum Gasteiger partial charge on any atom is 0.237 e. The van der Waals surface area contributed by atoms with Crippen molar-refractivity contribution in [2.75, 3.05) is 35.0 Å².